The molecule has 8 heteroatoms. The highest BCUT2D eigenvalue weighted by Crippen LogP contribution is 2.20. The molecule has 1 N–H and O–H groups in total. The lowest BCUT2D eigenvalue weighted by Crippen LogP contribution is -2.48. The Balaban J connectivity index is 1.48. The van der Waals surface area contributed by atoms with Gasteiger partial charge in [-0.1, -0.05) is 30.3 Å². The van der Waals surface area contributed by atoms with Gasteiger partial charge in [-0.3, -0.25) is 9.69 Å². The van der Waals surface area contributed by atoms with Crippen molar-refractivity contribution in [1.82, 2.24) is 14.5 Å². The van der Waals surface area contributed by atoms with Gasteiger partial charge in [0, 0.05) is 44.1 Å². The molecule has 27 heavy (non-hydrogen) atoms. The maximum absolute atomic E-state index is 12.7. The molecule has 0 radical (unpaired) electrons. The van der Waals surface area contributed by atoms with Crippen LogP contribution in [-0.2, 0) is 23.0 Å². The summed E-state index contributed by atoms with van der Waals surface area (Å²) >= 11 is 1.45. The fourth-order valence-corrected chi connectivity index (χ4v) is 4.54. The molecule has 2 aromatic rings. The highest BCUT2D eigenvalue weighted by molar-refractivity contribution is 7.88. The van der Waals surface area contributed by atoms with Crippen LogP contribution >= 0.6 is 11.3 Å². The van der Waals surface area contributed by atoms with Gasteiger partial charge in [0.1, 0.15) is 0 Å². The molecule has 1 aromatic heterocycles. The van der Waals surface area contributed by atoms with Gasteiger partial charge in [-0.25, -0.2) is 13.1 Å². The minimum absolute atomic E-state index is 0.0710. The molecule has 146 valence electrons. The summed E-state index contributed by atoms with van der Waals surface area (Å²) in [6.45, 7) is 4.47. The quantitative estimate of drug-likeness (QED) is 0.760. The van der Waals surface area contributed by atoms with E-state index in [2.05, 4.69) is 33.9 Å². The van der Waals surface area contributed by atoms with Crippen LogP contribution in [0, 0.1) is 0 Å². The molecule has 0 unspecified atom stereocenters. The zero-order valence-electron chi connectivity index (χ0n) is 15.4. The van der Waals surface area contributed by atoms with E-state index in [-0.39, 0.29) is 5.91 Å². The highest BCUT2D eigenvalue weighted by atomic mass is 32.2. The number of thiophene rings is 1. The number of rotatable bonds is 7. The van der Waals surface area contributed by atoms with Gasteiger partial charge in [0.15, 0.2) is 0 Å². The summed E-state index contributed by atoms with van der Waals surface area (Å²) in [5, 5.41) is 0. The molecule has 1 aliphatic heterocycles. The number of sulfonamides is 1. The Kier molecular flexibility index (Phi) is 6.64. The van der Waals surface area contributed by atoms with Crippen molar-refractivity contribution >= 4 is 27.3 Å². The summed E-state index contributed by atoms with van der Waals surface area (Å²) in [7, 11) is -3.17. The highest BCUT2D eigenvalue weighted by Gasteiger charge is 2.23. The topological polar surface area (TPSA) is 69.7 Å². The summed E-state index contributed by atoms with van der Waals surface area (Å²) in [5.41, 5.74) is 1.29. The van der Waals surface area contributed by atoms with Crippen molar-refractivity contribution in [1.29, 1.82) is 0 Å². The van der Waals surface area contributed by atoms with Gasteiger partial charge < -0.3 is 4.90 Å². The number of piperazine rings is 1. The van der Waals surface area contributed by atoms with E-state index in [1.54, 1.807) is 0 Å². The smallest absolute Gasteiger partial charge is 0.264 e. The number of carbonyl (C=O) groups is 1. The lowest BCUT2D eigenvalue weighted by atomic mass is 10.2. The van der Waals surface area contributed by atoms with Crippen LogP contribution in [0.25, 0.3) is 0 Å². The van der Waals surface area contributed by atoms with Crippen molar-refractivity contribution < 1.29 is 13.2 Å². The Morgan fingerprint density at radius 2 is 1.78 bits per heavy atom. The summed E-state index contributed by atoms with van der Waals surface area (Å²) in [6.07, 6.45) is 1.74. The maximum atomic E-state index is 12.7. The average Bonchev–Trinajstić information content (AvgIpc) is 3.10. The lowest BCUT2D eigenvalue weighted by molar-refractivity contribution is 0.0633. The van der Waals surface area contributed by atoms with Crippen LogP contribution in [0.1, 0.15) is 20.1 Å². The molecule has 0 bridgehead atoms. The maximum Gasteiger partial charge on any atom is 0.264 e. The molecule has 2 heterocycles. The molecule has 0 atom stereocenters. The Morgan fingerprint density at radius 1 is 1.07 bits per heavy atom. The molecule has 1 fully saturated rings. The summed E-state index contributed by atoms with van der Waals surface area (Å²) in [5.74, 6) is 0.0710. The van der Waals surface area contributed by atoms with Gasteiger partial charge in [-0.05, 0) is 24.1 Å². The van der Waals surface area contributed by atoms with Crippen LogP contribution in [0.15, 0.2) is 42.5 Å². The van der Waals surface area contributed by atoms with Crippen LogP contribution in [0.4, 0.5) is 0 Å². The molecule has 0 saturated carbocycles. The molecule has 0 spiro atoms. The van der Waals surface area contributed by atoms with E-state index in [4.69, 9.17) is 0 Å². The van der Waals surface area contributed by atoms with Gasteiger partial charge >= 0.3 is 0 Å². The van der Waals surface area contributed by atoms with Crippen molar-refractivity contribution in [3.05, 3.63) is 57.8 Å². The third kappa shape index (κ3) is 6.14. The molecule has 3 rings (SSSR count). The molecule has 0 aliphatic carbocycles. The number of amides is 1. The van der Waals surface area contributed by atoms with Gasteiger partial charge in [0.2, 0.25) is 10.0 Å². The molecule has 1 aromatic carbocycles. The standard InChI is InChI=1S/C19H25N3O3S2/c1-27(24,25)20-10-9-17-7-8-18(26-17)19(23)22-13-11-21(12-14-22)15-16-5-3-2-4-6-16/h2-8,20H,9-15H2,1H3. The SMILES string of the molecule is CS(=O)(=O)NCCc1ccc(C(=O)N2CCN(Cc3ccccc3)CC2)s1. The van der Waals surface area contributed by atoms with Gasteiger partial charge in [-0.15, -0.1) is 11.3 Å². The second kappa shape index (κ2) is 8.97. The summed E-state index contributed by atoms with van der Waals surface area (Å²) in [6, 6.07) is 14.1. The predicted molar refractivity (Wildman–Crippen MR) is 108 cm³/mol. The molecular formula is C19H25N3O3S2. The monoisotopic (exact) mass is 407 g/mol. The van der Waals surface area contributed by atoms with Crippen LogP contribution in [-0.4, -0.2) is 63.1 Å². The number of hydrogen-bond donors (Lipinski definition) is 1. The lowest BCUT2D eigenvalue weighted by Gasteiger charge is -2.34. The average molecular weight is 408 g/mol. The molecule has 1 amide bonds. The third-order valence-electron chi connectivity index (χ3n) is 4.52. The summed E-state index contributed by atoms with van der Waals surface area (Å²) < 4.78 is 24.7. The molecular weight excluding hydrogens is 382 g/mol. The van der Waals surface area contributed by atoms with E-state index in [0.717, 1.165) is 48.7 Å². The normalized spacial score (nSPS) is 15.8. The largest absolute Gasteiger partial charge is 0.335 e. The number of hydrogen-bond acceptors (Lipinski definition) is 5. The van der Waals surface area contributed by atoms with Crippen molar-refractivity contribution in [3.8, 4) is 0 Å². The Morgan fingerprint density at radius 3 is 2.44 bits per heavy atom. The van der Waals surface area contributed by atoms with Crippen molar-refractivity contribution in [2.75, 3.05) is 39.0 Å². The first-order valence-electron chi connectivity index (χ1n) is 8.99. The summed E-state index contributed by atoms with van der Waals surface area (Å²) in [4.78, 5) is 18.7. The van der Waals surface area contributed by atoms with Gasteiger partial charge in [0.25, 0.3) is 5.91 Å². The zero-order valence-corrected chi connectivity index (χ0v) is 17.1. The zero-order chi connectivity index (χ0) is 19.3. The van der Waals surface area contributed by atoms with E-state index in [1.165, 1.54) is 16.9 Å². The molecule has 1 aliphatic rings. The number of nitrogens with one attached hydrogen (secondary N) is 1. The first kappa shape index (κ1) is 20.0. The molecule has 1 saturated heterocycles. The predicted octanol–water partition coefficient (Wildman–Crippen LogP) is 1.80. The van der Waals surface area contributed by atoms with E-state index >= 15 is 0 Å². The van der Waals surface area contributed by atoms with E-state index in [0.29, 0.717) is 13.0 Å². The number of carbonyl (C=O) groups excluding carboxylic acids is 1. The third-order valence-corrected chi connectivity index (χ3v) is 6.38. The van der Waals surface area contributed by atoms with Crippen molar-refractivity contribution in [2.45, 2.75) is 13.0 Å². The first-order chi connectivity index (χ1) is 12.9. The Labute approximate surface area is 164 Å². The second-order valence-corrected chi connectivity index (χ2v) is 9.74. The van der Waals surface area contributed by atoms with Crippen molar-refractivity contribution in [2.24, 2.45) is 0 Å². The Bertz CT molecular complexity index is 857. The number of benzene rings is 1. The second-order valence-electron chi connectivity index (χ2n) is 6.74. The molecule has 6 nitrogen and oxygen atoms in total. The Hall–Kier alpha value is -1.74. The van der Waals surface area contributed by atoms with E-state index in [9.17, 15) is 13.2 Å². The minimum Gasteiger partial charge on any atom is -0.335 e. The van der Waals surface area contributed by atoms with E-state index in [1.807, 2.05) is 23.1 Å². The van der Waals surface area contributed by atoms with Crippen LogP contribution in [0.2, 0.25) is 0 Å². The fourth-order valence-electron chi connectivity index (χ4n) is 3.09. The van der Waals surface area contributed by atoms with Crippen molar-refractivity contribution in [3.63, 3.8) is 0 Å². The fraction of sp³-hybridized carbons (Fsp3) is 0.421. The van der Waals surface area contributed by atoms with Crippen LogP contribution < -0.4 is 4.72 Å². The van der Waals surface area contributed by atoms with Crippen LogP contribution in [0.5, 0.6) is 0 Å². The number of nitrogens with zero attached hydrogens (tertiary/aromatic N) is 2. The first-order valence-corrected chi connectivity index (χ1v) is 11.7. The van der Waals surface area contributed by atoms with Gasteiger partial charge in [-0.2, -0.15) is 0 Å². The minimum atomic E-state index is -3.17. The van der Waals surface area contributed by atoms with E-state index < -0.39 is 10.0 Å². The van der Waals surface area contributed by atoms with Gasteiger partial charge in [0.05, 0.1) is 11.1 Å². The van der Waals surface area contributed by atoms with Crippen LogP contribution in [0.3, 0.4) is 0 Å².